The average molecular weight is 301 g/mol. The Morgan fingerprint density at radius 3 is 2.90 bits per heavy atom. The largest absolute Gasteiger partial charge is 0.494 e. The molecule has 0 aliphatic carbocycles. The highest BCUT2D eigenvalue weighted by atomic mass is 32.1. The molecule has 5 nitrogen and oxygen atoms in total. The fourth-order valence-electron chi connectivity index (χ4n) is 2.07. The molecule has 6 heteroatoms. The SMILES string of the molecule is Cc1nc2sc(CCCOc3ccccc3)nn2c1C=O. The average Bonchev–Trinajstić information content (AvgIpc) is 3.00. The molecule has 0 bridgehead atoms. The molecule has 0 spiro atoms. The van der Waals surface area contributed by atoms with Crippen LogP contribution in [0.2, 0.25) is 0 Å². The summed E-state index contributed by atoms with van der Waals surface area (Å²) in [7, 11) is 0. The number of carbonyl (C=O) groups is 1. The van der Waals surface area contributed by atoms with Crippen LogP contribution in [0.3, 0.4) is 0 Å². The number of benzene rings is 1. The van der Waals surface area contributed by atoms with Gasteiger partial charge in [0.15, 0.2) is 6.29 Å². The summed E-state index contributed by atoms with van der Waals surface area (Å²) < 4.78 is 7.27. The van der Waals surface area contributed by atoms with Crippen LogP contribution in [0.5, 0.6) is 5.75 Å². The molecule has 3 rings (SSSR count). The van der Waals surface area contributed by atoms with Crippen LogP contribution in [-0.4, -0.2) is 27.5 Å². The van der Waals surface area contributed by atoms with Gasteiger partial charge in [-0.2, -0.15) is 9.61 Å². The molecule has 0 atom stereocenters. The van der Waals surface area contributed by atoms with Gasteiger partial charge < -0.3 is 4.74 Å². The van der Waals surface area contributed by atoms with E-state index in [-0.39, 0.29) is 0 Å². The molecule has 0 amide bonds. The van der Waals surface area contributed by atoms with Gasteiger partial charge in [-0.1, -0.05) is 29.5 Å². The second kappa shape index (κ2) is 6.05. The lowest BCUT2D eigenvalue weighted by molar-refractivity contribution is 0.111. The quantitative estimate of drug-likeness (QED) is 0.519. The van der Waals surface area contributed by atoms with Gasteiger partial charge in [-0.25, -0.2) is 4.98 Å². The van der Waals surface area contributed by atoms with Gasteiger partial charge in [0.25, 0.3) is 0 Å². The number of carbonyl (C=O) groups excluding carboxylic acids is 1. The minimum absolute atomic E-state index is 0.535. The summed E-state index contributed by atoms with van der Waals surface area (Å²) in [5.74, 6) is 0.880. The number of rotatable bonds is 6. The van der Waals surface area contributed by atoms with Gasteiger partial charge in [-0.05, 0) is 25.5 Å². The maximum atomic E-state index is 11.0. The first-order valence-electron chi connectivity index (χ1n) is 6.76. The molecule has 3 aromatic rings. The summed E-state index contributed by atoms with van der Waals surface area (Å²) in [6.07, 6.45) is 2.50. The van der Waals surface area contributed by atoms with Gasteiger partial charge in [-0.15, -0.1) is 0 Å². The maximum Gasteiger partial charge on any atom is 0.213 e. The fraction of sp³-hybridized carbons (Fsp3) is 0.267. The first-order valence-corrected chi connectivity index (χ1v) is 7.57. The number of aldehydes is 1. The van der Waals surface area contributed by atoms with Gasteiger partial charge >= 0.3 is 0 Å². The van der Waals surface area contributed by atoms with E-state index in [2.05, 4.69) is 10.1 Å². The molecule has 0 radical (unpaired) electrons. The van der Waals surface area contributed by atoms with E-state index in [4.69, 9.17) is 4.74 Å². The number of hydrogen-bond acceptors (Lipinski definition) is 5. The van der Waals surface area contributed by atoms with Crippen molar-refractivity contribution in [2.45, 2.75) is 19.8 Å². The van der Waals surface area contributed by atoms with Crippen LogP contribution >= 0.6 is 11.3 Å². The predicted molar refractivity (Wildman–Crippen MR) is 81.2 cm³/mol. The van der Waals surface area contributed by atoms with Gasteiger partial charge in [0.05, 0.1) is 12.3 Å². The van der Waals surface area contributed by atoms with E-state index in [1.807, 2.05) is 37.3 Å². The minimum atomic E-state index is 0.535. The highest BCUT2D eigenvalue weighted by molar-refractivity contribution is 7.16. The molecule has 0 fully saturated rings. The van der Waals surface area contributed by atoms with Crippen molar-refractivity contribution in [1.82, 2.24) is 14.6 Å². The van der Waals surface area contributed by atoms with Crippen molar-refractivity contribution in [3.8, 4) is 5.75 Å². The molecule has 108 valence electrons. The number of hydrogen-bond donors (Lipinski definition) is 0. The second-order valence-corrected chi connectivity index (χ2v) is 5.70. The fourth-order valence-corrected chi connectivity index (χ4v) is 3.06. The molecule has 2 heterocycles. The molecule has 0 N–H and O–H groups in total. The molecule has 0 aliphatic heterocycles. The van der Waals surface area contributed by atoms with E-state index in [9.17, 15) is 4.79 Å². The first-order chi connectivity index (χ1) is 10.3. The summed E-state index contributed by atoms with van der Waals surface area (Å²) >= 11 is 1.52. The molecular formula is C15H15N3O2S. The number of aryl methyl sites for hydroxylation is 2. The standard InChI is InChI=1S/C15H15N3O2S/c1-11-13(10-19)18-15(16-11)21-14(17-18)8-5-9-20-12-6-3-2-4-7-12/h2-4,6-7,10H,5,8-9H2,1H3. The Balaban J connectivity index is 1.58. The minimum Gasteiger partial charge on any atom is -0.494 e. The smallest absolute Gasteiger partial charge is 0.213 e. The zero-order valence-electron chi connectivity index (χ0n) is 11.7. The summed E-state index contributed by atoms with van der Waals surface area (Å²) in [6, 6.07) is 9.75. The van der Waals surface area contributed by atoms with E-state index in [1.165, 1.54) is 11.3 Å². The molecule has 0 saturated carbocycles. The Kier molecular flexibility index (Phi) is 3.96. The highest BCUT2D eigenvalue weighted by Crippen LogP contribution is 2.19. The van der Waals surface area contributed by atoms with Gasteiger partial charge in [0.2, 0.25) is 4.96 Å². The lowest BCUT2D eigenvalue weighted by Gasteiger charge is -2.04. The summed E-state index contributed by atoms with van der Waals surface area (Å²) in [4.78, 5) is 16.1. The summed E-state index contributed by atoms with van der Waals surface area (Å²) in [5.41, 5.74) is 1.26. The van der Waals surface area contributed by atoms with E-state index >= 15 is 0 Å². The normalized spacial score (nSPS) is 10.9. The molecule has 0 aliphatic rings. The second-order valence-electron chi connectivity index (χ2n) is 4.66. The van der Waals surface area contributed by atoms with E-state index in [1.54, 1.807) is 4.52 Å². The Bertz CT molecular complexity index is 749. The van der Waals surface area contributed by atoms with Crippen LogP contribution in [0.4, 0.5) is 0 Å². The molecule has 2 aromatic heterocycles. The third-order valence-electron chi connectivity index (χ3n) is 3.12. The molecule has 1 aromatic carbocycles. The number of aromatic nitrogens is 3. The van der Waals surface area contributed by atoms with E-state index in [0.29, 0.717) is 12.3 Å². The zero-order valence-corrected chi connectivity index (χ0v) is 12.5. The molecule has 21 heavy (non-hydrogen) atoms. The van der Waals surface area contributed by atoms with Crippen LogP contribution in [0, 0.1) is 6.92 Å². The summed E-state index contributed by atoms with van der Waals surface area (Å²) in [6.45, 7) is 2.46. The number of ether oxygens (including phenoxy) is 1. The maximum absolute atomic E-state index is 11.0. The van der Waals surface area contributed by atoms with Crippen LogP contribution < -0.4 is 4.74 Å². The third-order valence-corrected chi connectivity index (χ3v) is 4.09. The third kappa shape index (κ3) is 2.95. The molecule has 0 saturated heterocycles. The highest BCUT2D eigenvalue weighted by Gasteiger charge is 2.12. The topological polar surface area (TPSA) is 56.5 Å². The van der Waals surface area contributed by atoms with Gasteiger partial charge in [0, 0.05) is 6.42 Å². The van der Waals surface area contributed by atoms with E-state index < -0.39 is 0 Å². The van der Waals surface area contributed by atoms with Crippen molar-refractivity contribution in [1.29, 1.82) is 0 Å². The Morgan fingerprint density at radius 2 is 2.14 bits per heavy atom. The Morgan fingerprint density at radius 1 is 1.33 bits per heavy atom. The number of para-hydroxylation sites is 1. The first kappa shape index (κ1) is 13.8. The number of fused-ring (bicyclic) bond motifs is 1. The van der Waals surface area contributed by atoms with Crippen LogP contribution in [0.25, 0.3) is 4.96 Å². The lowest BCUT2D eigenvalue weighted by Crippen LogP contribution is -2.00. The van der Waals surface area contributed by atoms with Gasteiger partial charge in [0.1, 0.15) is 16.5 Å². The Hall–Kier alpha value is -2.21. The van der Waals surface area contributed by atoms with Crippen molar-refractivity contribution in [3.05, 3.63) is 46.7 Å². The zero-order chi connectivity index (χ0) is 14.7. The van der Waals surface area contributed by atoms with Crippen molar-refractivity contribution in [2.24, 2.45) is 0 Å². The van der Waals surface area contributed by atoms with Crippen LogP contribution in [0.1, 0.15) is 27.6 Å². The van der Waals surface area contributed by atoms with Crippen LogP contribution in [-0.2, 0) is 6.42 Å². The predicted octanol–water partition coefficient (Wildman–Crippen LogP) is 2.92. The molecule has 0 unspecified atom stereocenters. The molecular weight excluding hydrogens is 286 g/mol. The van der Waals surface area contributed by atoms with Crippen molar-refractivity contribution in [2.75, 3.05) is 6.61 Å². The van der Waals surface area contributed by atoms with E-state index in [0.717, 1.165) is 40.5 Å². The number of nitrogens with zero attached hydrogens (tertiary/aromatic N) is 3. The van der Waals surface area contributed by atoms with Gasteiger partial charge in [-0.3, -0.25) is 4.79 Å². The van der Waals surface area contributed by atoms with Crippen LogP contribution in [0.15, 0.2) is 30.3 Å². The summed E-state index contributed by atoms with van der Waals surface area (Å²) in [5, 5.41) is 5.40. The van der Waals surface area contributed by atoms with Crippen molar-refractivity contribution >= 4 is 22.6 Å². The van der Waals surface area contributed by atoms with Crippen molar-refractivity contribution < 1.29 is 9.53 Å². The lowest BCUT2D eigenvalue weighted by atomic mass is 10.3. The monoisotopic (exact) mass is 301 g/mol. The van der Waals surface area contributed by atoms with Crippen molar-refractivity contribution in [3.63, 3.8) is 0 Å². The number of imidazole rings is 1. The Labute approximate surface area is 126 Å².